The Balaban J connectivity index is 3.55. The molecule has 0 bridgehead atoms. The Kier molecular flexibility index (Phi) is 4.19. The average Bonchev–Trinajstić information content (AvgIpc) is 2.17. The van der Waals surface area contributed by atoms with Crippen LogP contribution in [0.25, 0.3) is 0 Å². The predicted molar refractivity (Wildman–Crippen MR) is 58.1 cm³/mol. The van der Waals surface area contributed by atoms with Crippen molar-refractivity contribution >= 4 is 32.4 Å². The number of halogens is 3. The van der Waals surface area contributed by atoms with Gasteiger partial charge in [-0.05, 0) is 12.1 Å². The molecule has 0 aliphatic rings. The van der Waals surface area contributed by atoms with Crippen LogP contribution in [-0.2, 0) is 9.05 Å². The van der Waals surface area contributed by atoms with Crippen molar-refractivity contribution in [2.24, 2.45) is 0 Å². The Morgan fingerprint density at radius 3 is 2.47 bits per heavy atom. The van der Waals surface area contributed by atoms with E-state index in [1.807, 2.05) is 0 Å². The van der Waals surface area contributed by atoms with E-state index in [0.29, 0.717) is 0 Å². The summed E-state index contributed by atoms with van der Waals surface area (Å²) in [6, 6.07) is 3.55. The van der Waals surface area contributed by atoms with Crippen molar-refractivity contribution in [3.8, 4) is 11.8 Å². The Labute approximate surface area is 106 Å². The van der Waals surface area contributed by atoms with Crippen LogP contribution in [0.3, 0.4) is 0 Å². The van der Waals surface area contributed by atoms with Gasteiger partial charge in [0.05, 0.1) is 0 Å². The van der Waals surface area contributed by atoms with Crippen molar-refractivity contribution in [1.82, 2.24) is 0 Å². The Morgan fingerprint density at radius 1 is 1.47 bits per heavy atom. The fraction of sp³-hybridized carbons (Fsp3) is 0.125. The number of ether oxygens (including phenoxy) is 1. The highest BCUT2D eigenvalue weighted by Crippen LogP contribution is 2.33. The van der Waals surface area contributed by atoms with Crippen LogP contribution in [0.2, 0.25) is 0 Å². The number of hydrogen-bond acceptors (Lipinski definition) is 5. The lowest BCUT2D eigenvalue weighted by molar-refractivity contribution is -0.0502. The lowest BCUT2D eigenvalue weighted by Gasteiger charge is -2.10. The minimum Gasteiger partial charge on any atom is -0.433 e. The molecule has 0 saturated carbocycles. The summed E-state index contributed by atoms with van der Waals surface area (Å²) in [7, 11) is 0.799. The SMILES string of the molecule is N#Cc1c(OC(F)F)ccc(S)c1S(=O)(=O)Cl. The molecule has 0 spiro atoms. The topological polar surface area (TPSA) is 67.2 Å². The molecule has 1 aromatic rings. The van der Waals surface area contributed by atoms with E-state index in [0.717, 1.165) is 12.1 Å². The van der Waals surface area contributed by atoms with Crippen molar-refractivity contribution in [2.45, 2.75) is 16.4 Å². The van der Waals surface area contributed by atoms with E-state index in [4.69, 9.17) is 15.9 Å². The average molecular weight is 300 g/mol. The van der Waals surface area contributed by atoms with Gasteiger partial charge in [-0.15, -0.1) is 12.6 Å². The van der Waals surface area contributed by atoms with Crippen LogP contribution in [0.4, 0.5) is 8.78 Å². The first-order valence-electron chi connectivity index (χ1n) is 3.93. The van der Waals surface area contributed by atoms with Gasteiger partial charge in [0, 0.05) is 15.6 Å². The number of rotatable bonds is 3. The second kappa shape index (κ2) is 5.08. The largest absolute Gasteiger partial charge is 0.433 e. The molecule has 92 valence electrons. The molecule has 9 heteroatoms. The standard InChI is InChI=1S/C8H4ClF2NO3S2/c9-17(13,14)7-4(3-12)5(15-8(10)11)1-2-6(7)16/h1-2,8,16H. The maximum atomic E-state index is 12.0. The smallest absolute Gasteiger partial charge is 0.387 e. The number of thiol groups is 1. The van der Waals surface area contributed by atoms with E-state index in [9.17, 15) is 17.2 Å². The highest BCUT2D eigenvalue weighted by atomic mass is 35.7. The molecule has 0 radical (unpaired) electrons. The molecule has 0 saturated heterocycles. The van der Waals surface area contributed by atoms with Gasteiger partial charge in [-0.3, -0.25) is 0 Å². The van der Waals surface area contributed by atoms with Gasteiger partial charge in [0.15, 0.2) is 0 Å². The fourth-order valence-electron chi connectivity index (χ4n) is 1.10. The Hall–Kier alpha value is -1.04. The number of alkyl halides is 2. The summed E-state index contributed by atoms with van der Waals surface area (Å²) in [6.07, 6.45) is 0. The zero-order chi connectivity index (χ0) is 13.2. The number of hydrogen-bond donors (Lipinski definition) is 1. The number of nitrogens with zero attached hydrogens (tertiary/aromatic N) is 1. The third-order valence-electron chi connectivity index (χ3n) is 1.67. The maximum Gasteiger partial charge on any atom is 0.387 e. The summed E-state index contributed by atoms with van der Waals surface area (Å²) in [4.78, 5) is -0.777. The van der Waals surface area contributed by atoms with Crippen molar-refractivity contribution in [3.63, 3.8) is 0 Å². The van der Waals surface area contributed by atoms with Gasteiger partial charge in [-0.2, -0.15) is 14.0 Å². The van der Waals surface area contributed by atoms with E-state index in [-0.39, 0.29) is 4.90 Å². The lowest BCUT2D eigenvalue weighted by atomic mass is 10.2. The molecular formula is C8H4ClF2NO3S2. The third-order valence-corrected chi connectivity index (χ3v) is 3.57. The Morgan fingerprint density at radius 2 is 2.06 bits per heavy atom. The van der Waals surface area contributed by atoms with Gasteiger partial charge in [0.25, 0.3) is 9.05 Å². The van der Waals surface area contributed by atoms with E-state index in [1.54, 1.807) is 0 Å². The Bertz CT molecular complexity index is 583. The van der Waals surface area contributed by atoms with Crippen LogP contribution in [0.1, 0.15) is 5.56 Å². The number of nitriles is 1. The summed E-state index contributed by atoms with van der Waals surface area (Å²) in [5.74, 6) is -0.570. The molecule has 17 heavy (non-hydrogen) atoms. The molecule has 0 fully saturated rings. The zero-order valence-corrected chi connectivity index (χ0v) is 10.4. The van der Waals surface area contributed by atoms with Crippen LogP contribution in [0.5, 0.6) is 5.75 Å². The minimum absolute atomic E-state index is 0.127. The van der Waals surface area contributed by atoms with E-state index < -0.39 is 31.9 Å². The van der Waals surface area contributed by atoms with Crippen molar-refractivity contribution in [2.75, 3.05) is 0 Å². The van der Waals surface area contributed by atoms with E-state index in [1.165, 1.54) is 6.07 Å². The second-order valence-electron chi connectivity index (χ2n) is 2.72. The highest BCUT2D eigenvalue weighted by molar-refractivity contribution is 8.14. The molecule has 0 unspecified atom stereocenters. The summed E-state index contributed by atoms with van der Waals surface area (Å²) in [5, 5.41) is 8.77. The highest BCUT2D eigenvalue weighted by Gasteiger charge is 2.24. The van der Waals surface area contributed by atoms with Gasteiger partial charge >= 0.3 is 6.61 Å². The van der Waals surface area contributed by atoms with Gasteiger partial charge < -0.3 is 4.74 Å². The normalized spacial score (nSPS) is 11.3. The summed E-state index contributed by atoms with van der Waals surface area (Å²) >= 11 is 3.80. The molecule has 0 heterocycles. The maximum absolute atomic E-state index is 12.0. The first kappa shape index (κ1) is 14.0. The molecule has 0 N–H and O–H groups in total. The first-order chi connectivity index (χ1) is 7.77. The fourth-order valence-corrected chi connectivity index (χ4v) is 3.00. The molecule has 0 atom stereocenters. The van der Waals surface area contributed by atoms with Gasteiger partial charge in [-0.1, -0.05) is 0 Å². The van der Waals surface area contributed by atoms with Gasteiger partial charge in [0.2, 0.25) is 0 Å². The van der Waals surface area contributed by atoms with Crippen molar-refractivity contribution in [3.05, 3.63) is 17.7 Å². The van der Waals surface area contributed by atoms with Crippen molar-refractivity contribution < 1.29 is 21.9 Å². The van der Waals surface area contributed by atoms with E-state index >= 15 is 0 Å². The molecular weight excluding hydrogens is 296 g/mol. The van der Waals surface area contributed by atoms with Crippen LogP contribution >= 0.6 is 23.3 Å². The summed E-state index contributed by atoms with van der Waals surface area (Å²) in [6.45, 7) is -3.18. The van der Waals surface area contributed by atoms with Crippen LogP contribution in [0, 0.1) is 11.3 Å². The number of benzene rings is 1. The molecule has 0 aliphatic heterocycles. The predicted octanol–water partition coefficient (Wildman–Crippen LogP) is 2.38. The van der Waals surface area contributed by atoms with Gasteiger partial charge in [0.1, 0.15) is 22.3 Å². The quantitative estimate of drug-likeness (QED) is 0.687. The van der Waals surface area contributed by atoms with Gasteiger partial charge in [-0.25, -0.2) is 8.42 Å². The second-order valence-corrected chi connectivity index (χ2v) is 5.70. The molecule has 4 nitrogen and oxygen atoms in total. The lowest BCUT2D eigenvalue weighted by Crippen LogP contribution is -2.06. The molecule has 1 rings (SSSR count). The zero-order valence-electron chi connectivity index (χ0n) is 7.89. The molecule has 0 aliphatic carbocycles. The summed E-state index contributed by atoms with van der Waals surface area (Å²) in [5.41, 5.74) is -0.604. The monoisotopic (exact) mass is 299 g/mol. The third kappa shape index (κ3) is 3.21. The van der Waals surface area contributed by atoms with E-state index in [2.05, 4.69) is 17.4 Å². The molecule has 0 aromatic heterocycles. The molecule has 1 aromatic carbocycles. The van der Waals surface area contributed by atoms with Crippen molar-refractivity contribution in [1.29, 1.82) is 5.26 Å². The summed E-state index contributed by atoms with van der Waals surface area (Å²) < 4.78 is 50.5. The van der Waals surface area contributed by atoms with Crippen LogP contribution in [0.15, 0.2) is 21.9 Å². The van der Waals surface area contributed by atoms with Crippen LogP contribution in [-0.4, -0.2) is 15.0 Å². The van der Waals surface area contributed by atoms with Crippen LogP contribution < -0.4 is 4.74 Å². The first-order valence-corrected chi connectivity index (χ1v) is 6.68. The minimum atomic E-state index is -4.29. The molecule has 0 amide bonds.